The predicted octanol–water partition coefficient (Wildman–Crippen LogP) is 1.06. The number of aromatic nitrogens is 2. The Morgan fingerprint density at radius 1 is 1.46 bits per heavy atom. The van der Waals surface area contributed by atoms with Crippen LogP contribution in [-0.2, 0) is 19.9 Å². The van der Waals surface area contributed by atoms with E-state index in [1.54, 1.807) is 0 Å². The maximum absolute atomic E-state index is 5.43. The van der Waals surface area contributed by atoms with Crippen LogP contribution in [0.25, 0.3) is 0 Å². The molecule has 78 valence electrons. The second-order valence-corrected chi connectivity index (χ2v) is 2.73. The van der Waals surface area contributed by atoms with Crippen LogP contribution in [-0.4, -0.2) is 11.5 Å². The molecule has 1 heterocycles. The molecule has 1 rings (SSSR count). The molecule has 1 aromatic rings. The molecule has 0 aromatic carbocycles. The Hall–Kier alpha value is 0.130. The van der Waals surface area contributed by atoms with E-state index in [9.17, 15) is 0 Å². The van der Waals surface area contributed by atoms with E-state index < -0.39 is 0 Å². The fourth-order valence-corrected chi connectivity index (χ4v) is 1.24. The maximum atomic E-state index is 5.43. The highest BCUT2D eigenvalue weighted by atomic mass is 79.9. The molecular weight excluding hydrogens is 298 g/mol. The lowest BCUT2D eigenvalue weighted by Gasteiger charge is -1.84. The van der Waals surface area contributed by atoms with Gasteiger partial charge in [-0.3, -0.25) is 0 Å². The highest BCUT2D eigenvalue weighted by Crippen LogP contribution is 1.94. The lowest BCUT2D eigenvalue weighted by Crippen LogP contribution is -2.29. The van der Waals surface area contributed by atoms with Gasteiger partial charge in [-0.05, 0) is 6.54 Å². The first-order valence-electron chi connectivity index (χ1n) is 4.04. The average Bonchev–Trinajstić information content (AvgIpc) is 2.32. The molecular formula is C8H18Br2N3+. The Morgan fingerprint density at radius 3 is 2.46 bits per heavy atom. The summed E-state index contributed by atoms with van der Waals surface area (Å²) in [6.07, 6.45) is 4.08. The molecule has 0 bridgehead atoms. The van der Waals surface area contributed by atoms with E-state index in [0.717, 1.165) is 12.8 Å². The van der Waals surface area contributed by atoms with Crippen molar-refractivity contribution in [2.75, 3.05) is 6.54 Å². The summed E-state index contributed by atoms with van der Waals surface area (Å²) in [7, 11) is 2.05. The summed E-state index contributed by atoms with van der Waals surface area (Å²) in [5.41, 5.74) is 6.66. The second-order valence-electron chi connectivity index (χ2n) is 2.73. The van der Waals surface area contributed by atoms with Crippen LogP contribution in [0.3, 0.4) is 0 Å². The summed E-state index contributed by atoms with van der Waals surface area (Å²) in [4.78, 5) is 3.32. The summed E-state index contributed by atoms with van der Waals surface area (Å²) in [6.45, 7) is 2.85. The van der Waals surface area contributed by atoms with Crippen molar-refractivity contribution < 1.29 is 4.57 Å². The van der Waals surface area contributed by atoms with Gasteiger partial charge >= 0.3 is 0 Å². The van der Waals surface area contributed by atoms with Crippen molar-refractivity contribution in [2.24, 2.45) is 12.8 Å². The number of hydrogen-bond acceptors (Lipinski definition) is 1. The number of nitrogens with two attached hydrogens (primary N) is 1. The van der Waals surface area contributed by atoms with Crippen LogP contribution in [0, 0.1) is 0 Å². The van der Waals surface area contributed by atoms with Gasteiger partial charge < -0.3 is 5.73 Å². The van der Waals surface area contributed by atoms with E-state index >= 15 is 0 Å². The smallest absolute Gasteiger partial charge is 0.253 e. The van der Waals surface area contributed by atoms with Crippen LogP contribution < -0.4 is 10.3 Å². The lowest BCUT2D eigenvalue weighted by molar-refractivity contribution is -0.677. The monoisotopic (exact) mass is 314 g/mol. The average molecular weight is 316 g/mol. The van der Waals surface area contributed by atoms with Gasteiger partial charge in [0.2, 0.25) is 0 Å². The number of nitrogens with one attached hydrogen (secondary N) is 1. The topological polar surface area (TPSA) is 45.7 Å². The zero-order chi connectivity index (χ0) is 8.27. The number of aryl methyl sites for hydroxylation is 2. The molecule has 1 aromatic heterocycles. The first-order chi connectivity index (χ1) is 5.27. The van der Waals surface area contributed by atoms with Gasteiger partial charge in [-0.25, -0.2) is 9.55 Å². The molecule has 0 fully saturated rings. The van der Waals surface area contributed by atoms with Crippen LogP contribution in [0.2, 0.25) is 0 Å². The third-order valence-corrected chi connectivity index (χ3v) is 1.83. The number of hydrogen-bond donors (Lipinski definition) is 2. The number of imidazole rings is 1. The van der Waals surface area contributed by atoms with Crippen molar-refractivity contribution in [2.45, 2.75) is 19.8 Å². The lowest BCUT2D eigenvalue weighted by atomic mass is 10.3. The molecule has 5 heteroatoms. The van der Waals surface area contributed by atoms with Crippen molar-refractivity contribution in [3.05, 3.63) is 17.7 Å². The minimum atomic E-state index is 0. The molecule has 0 aliphatic carbocycles. The predicted molar refractivity (Wildman–Crippen MR) is 64.7 cm³/mol. The molecule has 0 atom stereocenters. The van der Waals surface area contributed by atoms with Gasteiger partial charge in [0, 0.05) is 12.8 Å². The third kappa shape index (κ3) is 4.24. The molecule has 3 N–H and O–H groups in total. The van der Waals surface area contributed by atoms with Crippen LogP contribution in [0.15, 0.2) is 6.20 Å². The van der Waals surface area contributed by atoms with Crippen LogP contribution in [0.5, 0.6) is 0 Å². The molecule has 0 radical (unpaired) electrons. The van der Waals surface area contributed by atoms with E-state index in [0.29, 0.717) is 6.54 Å². The molecule has 0 saturated carbocycles. The SMILES string of the molecule is Br.Br.CCc1[nH]c(CCN)c[n+]1C. The van der Waals surface area contributed by atoms with Gasteiger partial charge in [-0.2, -0.15) is 0 Å². The standard InChI is InChI=1S/C8H15N3.2BrH/c1-3-8-10-7(4-5-9)6-11(8)2;;/h6H,3-5,9H2,1-2H3;2*1H/p+1. The summed E-state index contributed by atoms with van der Waals surface area (Å²) >= 11 is 0. The quantitative estimate of drug-likeness (QED) is 0.805. The van der Waals surface area contributed by atoms with Crippen LogP contribution >= 0.6 is 34.0 Å². The molecule has 0 amide bonds. The van der Waals surface area contributed by atoms with Gasteiger partial charge in [0.1, 0.15) is 11.9 Å². The summed E-state index contributed by atoms with van der Waals surface area (Å²) in [5, 5.41) is 0. The molecule has 0 spiro atoms. The van der Waals surface area contributed by atoms with Crippen LogP contribution in [0.4, 0.5) is 0 Å². The second kappa shape index (κ2) is 7.53. The minimum absolute atomic E-state index is 0. The van der Waals surface area contributed by atoms with E-state index in [-0.39, 0.29) is 34.0 Å². The Bertz CT molecular complexity index is 235. The Balaban J connectivity index is 0. The van der Waals surface area contributed by atoms with E-state index in [1.165, 1.54) is 11.5 Å². The molecule has 0 unspecified atom stereocenters. The zero-order valence-electron chi connectivity index (χ0n) is 8.04. The normalized spacial score (nSPS) is 8.85. The minimum Gasteiger partial charge on any atom is -0.330 e. The highest BCUT2D eigenvalue weighted by Gasteiger charge is 2.08. The molecule has 3 nitrogen and oxygen atoms in total. The molecule has 0 aliphatic heterocycles. The van der Waals surface area contributed by atoms with Gasteiger partial charge in [-0.15, -0.1) is 34.0 Å². The van der Waals surface area contributed by atoms with Crippen molar-refractivity contribution in [3.8, 4) is 0 Å². The number of H-pyrrole nitrogens is 1. The number of halogens is 2. The Labute approximate surface area is 100 Å². The van der Waals surface area contributed by atoms with Crippen LogP contribution in [0.1, 0.15) is 18.4 Å². The zero-order valence-corrected chi connectivity index (χ0v) is 11.5. The first-order valence-corrected chi connectivity index (χ1v) is 4.04. The highest BCUT2D eigenvalue weighted by molar-refractivity contribution is 8.93. The third-order valence-electron chi connectivity index (χ3n) is 1.83. The fourth-order valence-electron chi connectivity index (χ4n) is 1.24. The number of rotatable bonds is 3. The molecule has 13 heavy (non-hydrogen) atoms. The van der Waals surface area contributed by atoms with Gasteiger partial charge in [0.25, 0.3) is 5.82 Å². The van der Waals surface area contributed by atoms with Gasteiger partial charge in [0.15, 0.2) is 0 Å². The van der Waals surface area contributed by atoms with Gasteiger partial charge in [-0.1, -0.05) is 6.92 Å². The summed E-state index contributed by atoms with van der Waals surface area (Å²) in [5.74, 6) is 1.26. The molecule has 0 saturated heterocycles. The number of nitrogens with zero attached hydrogens (tertiary/aromatic N) is 1. The summed E-state index contributed by atoms with van der Waals surface area (Å²) in [6, 6.07) is 0. The number of aromatic amines is 1. The Morgan fingerprint density at radius 2 is 2.08 bits per heavy atom. The summed E-state index contributed by atoms with van der Waals surface area (Å²) < 4.78 is 2.12. The first kappa shape index (κ1) is 15.6. The Kier molecular flexibility index (Phi) is 9.03. The molecule has 0 aliphatic rings. The van der Waals surface area contributed by atoms with Crippen molar-refractivity contribution in [1.29, 1.82) is 0 Å². The maximum Gasteiger partial charge on any atom is 0.253 e. The fraction of sp³-hybridized carbons (Fsp3) is 0.625. The van der Waals surface area contributed by atoms with E-state index in [4.69, 9.17) is 5.73 Å². The van der Waals surface area contributed by atoms with E-state index in [1.807, 2.05) is 0 Å². The van der Waals surface area contributed by atoms with E-state index in [2.05, 4.69) is 29.7 Å². The van der Waals surface area contributed by atoms with Gasteiger partial charge in [0.05, 0.1) is 7.05 Å². The van der Waals surface area contributed by atoms with Crippen molar-refractivity contribution in [3.63, 3.8) is 0 Å². The van der Waals surface area contributed by atoms with Crippen molar-refractivity contribution >= 4 is 34.0 Å². The largest absolute Gasteiger partial charge is 0.330 e. The van der Waals surface area contributed by atoms with Crippen molar-refractivity contribution in [1.82, 2.24) is 4.98 Å².